The van der Waals surface area contributed by atoms with Crippen molar-refractivity contribution in [1.29, 1.82) is 0 Å². The van der Waals surface area contributed by atoms with Crippen molar-refractivity contribution < 1.29 is 14.3 Å². The number of benzene rings is 1. The van der Waals surface area contributed by atoms with Gasteiger partial charge in [-0.1, -0.05) is 38.1 Å². The number of aryl methyl sites for hydroxylation is 1. The largest absolute Gasteiger partial charge is 0.492 e. The van der Waals surface area contributed by atoms with Gasteiger partial charge in [0.2, 0.25) is 0 Å². The standard InChI is InChI=1S/C31H49NO3/c1-24(2)31(26(18-22-33)15-10-17-28(31)35-30(6,7)8)19-12-21-32-20-11-14-25-13-9-16-27(23-25)34-29(3,4)5/h9-10,13,15-17,22-24,26,32H,11-12,14,18-21H2,1-8H3. The summed E-state index contributed by atoms with van der Waals surface area (Å²) < 4.78 is 12.5. The highest BCUT2D eigenvalue weighted by molar-refractivity contribution is 5.51. The second-order valence-corrected chi connectivity index (χ2v) is 12.2. The van der Waals surface area contributed by atoms with Crippen LogP contribution in [-0.2, 0) is 16.0 Å². The zero-order valence-electron chi connectivity index (χ0n) is 23.4. The van der Waals surface area contributed by atoms with Gasteiger partial charge in [-0.15, -0.1) is 0 Å². The summed E-state index contributed by atoms with van der Waals surface area (Å²) in [5.74, 6) is 2.51. The van der Waals surface area contributed by atoms with Crippen LogP contribution in [-0.4, -0.2) is 30.6 Å². The molecule has 0 fully saturated rings. The molecular formula is C31H49NO3. The van der Waals surface area contributed by atoms with Crippen molar-refractivity contribution in [3.63, 3.8) is 0 Å². The number of rotatable bonds is 13. The predicted molar refractivity (Wildman–Crippen MR) is 147 cm³/mol. The third-order valence-corrected chi connectivity index (χ3v) is 6.59. The molecule has 2 rings (SSSR count). The molecule has 0 aromatic heterocycles. The van der Waals surface area contributed by atoms with E-state index < -0.39 is 0 Å². The molecular weight excluding hydrogens is 434 g/mol. The predicted octanol–water partition coefficient (Wildman–Crippen LogP) is 7.28. The number of allylic oxidation sites excluding steroid dienone is 4. The van der Waals surface area contributed by atoms with E-state index in [4.69, 9.17) is 9.47 Å². The fourth-order valence-corrected chi connectivity index (χ4v) is 5.11. The van der Waals surface area contributed by atoms with Crippen LogP contribution in [0.25, 0.3) is 0 Å². The Labute approximate surface area is 214 Å². The minimum atomic E-state index is -0.268. The first-order valence-electron chi connectivity index (χ1n) is 13.4. The Hall–Kier alpha value is -2.07. The molecule has 1 aromatic carbocycles. The number of hydrogen-bond donors (Lipinski definition) is 1. The van der Waals surface area contributed by atoms with Crippen molar-refractivity contribution in [2.24, 2.45) is 17.3 Å². The first-order chi connectivity index (χ1) is 16.4. The van der Waals surface area contributed by atoms with Crippen LogP contribution in [0.5, 0.6) is 5.75 Å². The van der Waals surface area contributed by atoms with Gasteiger partial charge < -0.3 is 19.6 Å². The Bertz CT molecular complexity index is 857. The van der Waals surface area contributed by atoms with Crippen LogP contribution in [0.4, 0.5) is 0 Å². The van der Waals surface area contributed by atoms with E-state index in [1.807, 2.05) is 6.07 Å². The summed E-state index contributed by atoms with van der Waals surface area (Å²) >= 11 is 0. The van der Waals surface area contributed by atoms with Crippen molar-refractivity contribution in [1.82, 2.24) is 5.32 Å². The van der Waals surface area contributed by atoms with Crippen LogP contribution < -0.4 is 10.1 Å². The summed E-state index contributed by atoms with van der Waals surface area (Å²) in [4.78, 5) is 11.5. The van der Waals surface area contributed by atoms with Gasteiger partial charge in [-0.05, 0) is 116 Å². The van der Waals surface area contributed by atoms with Gasteiger partial charge in [0.15, 0.2) is 0 Å². The molecule has 0 heterocycles. The Morgan fingerprint density at radius 3 is 2.34 bits per heavy atom. The average Bonchev–Trinajstić information content (AvgIpc) is 2.72. The second kappa shape index (κ2) is 12.8. The molecule has 0 amide bonds. The molecule has 4 heteroatoms. The minimum Gasteiger partial charge on any atom is -0.492 e. The minimum absolute atomic E-state index is 0.155. The molecule has 1 N–H and O–H groups in total. The summed E-state index contributed by atoms with van der Waals surface area (Å²) in [6, 6.07) is 8.44. The van der Waals surface area contributed by atoms with E-state index in [0.29, 0.717) is 12.3 Å². The molecule has 1 aliphatic carbocycles. The van der Waals surface area contributed by atoms with Crippen molar-refractivity contribution in [3.05, 3.63) is 53.8 Å². The third kappa shape index (κ3) is 9.14. The first-order valence-corrected chi connectivity index (χ1v) is 13.4. The maximum atomic E-state index is 11.5. The SMILES string of the molecule is CC(C)C1(CCCNCCCc2cccc(OC(C)(C)C)c2)C(OC(C)(C)C)=CC=CC1CC=O. The highest BCUT2D eigenvalue weighted by Crippen LogP contribution is 2.51. The van der Waals surface area contributed by atoms with Crippen LogP contribution in [0.2, 0.25) is 0 Å². The lowest BCUT2D eigenvalue weighted by atomic mass is 9.61. The summed E-state index contributed by atoms with van der Waals surface area (Å²) in [7, 11) is 0. The van der Waals surface area contributed by atoms with Crippen molar-refractivity contribution in [2.75, 3.05) is 13.1 Å². The monoisotopic (exact) mass is 483 g/mol. The molecule has 196 valence electrons. The maximum Gasteiger partial charge on any atom is 0.120 e. The second-order valence-electron chi connectivity index (χ2n) is 12.2. The molecule has 0 radical (unpaired) electrons. The summed E-state index contributed by atoms with van der Waals surface area (Å²) in [6.45, 7) is 19.0. The normalized spacial score (nSPS) is 20.6. The van der Waals surface area contributed by atoms with Gasteiger partial charge in [-0.25, -0.2) is 0 Å². The molecule has 1 aromatic rings. The fourth-order valence-electron chi connectivity index (χ4n) is 5.11. The lowest BCUT2D eigenvalue weighted by Crippen LogP contribution is -2.42. The number of hydrogen-bond acceptors (Lipinski definition) is 4. The van der Waals surface area contributed by atoms with E-state index in [1.54, 1.807) is 0 Å². The van der Waals surface area contributed by atoms with Gasteiger partial charge in [0.05, 0.1) is 0 Å². The fraction of sp³-hybridized carbons (Fsp3) is 0.645. The van der Waals surface area contributed by atoms with Gasteiger partial charge in [0.25, 0.3) is 0 Å². The lowest BCUT2D eigenvalue weighted by Gasteiger charge is -2.47. The van der Waals surface area contributed by atoms with Crippen LogP contribution in [0.1, 0.15) is 86.6 Å². The van der Waals surface area contributed by atoms with E-state index in [0.717, 1.165) is 56.6 Å². The highest BCUT2D eigenvalue weighted by Gasteiger charge is 2.46. The van der Waals surface area contributed by atoms with Crippen molar-refractivity contribution >= 4 is 6.29 Å². The topological polar surface area (TPSA) is 47.6 Å². The Kier molecular flexibility index (Phi) is 10.6. The molecule has 0 saturated heterocycles. The zero-order chi connectivity index (χ0) is 26.1. The van der Waals surface area contributed by atoms with E-state index >= 15 is 0 Å². The number of carbonyl (C=O) groups is 1. The third-order valence-electron chi connectivity index (χ3n) is 6.59. The molecule has 0 saturated carbocycles. The van der Waals surface area contributed by atoms with Crippen molar-refractivity contribution in [2.45, 2.75) is 98.7 Å². The molecule has 35 heavy (non-hydrogen) atoms. The van der Waals surface area contributed by atoms with Crippen molar-refractivity contribution in [3.8, 4) is 5.75 Å². The van der Waals surface area contributed by atoms with Crippen LogP contribution in [0, 0.1) is 17.3 Å². The molecule has 2 unspecified atom stereocenters. The molecule has 1 aliphatic rings. The van der Waals surface area contributed by atoms with E-state index in [-0.39, 0.29) is 22.5 Å². The van der Waals surface area contributed by atoms with Crippen LogP contribution in [0.3, 0.4) is 0 Å². The van der Waals surface area contributed by atoms with Gasteiger partial charge in [-0.3, -0.25) is 0 Å². The van der Waals surface area contributed by atoms with Crippen LogP contribution >= 0.6 is 0 Å². The van der Waals surface area contributed by atoms with Gasteiger partial charge in [-0.2, -0.15) is 0 Å². The molecule has 0 aliphatic heterocycles. The molecule has 4 nitrogen and oxygen atoms in total. The number of carbonyl (C=O) groups excluding carboxylic acids is 1. The summed E-state index contributed by atoms with van der Waals surface area (Å²) in [5.41, 5.74) is 0.709. The zero-order valence-corrected chi connectivity index (χ0v) is 23.4. The lowest BCUT2D eigenvalue weighted by molar-refractivity contribution is -0.110. The molecule has 0 spiro atoms. The maximum absolute atomic E-state index is 11.5. The summed E-state index contributed by atoms with van der Waals surface area (Å²) in [5, 5.41) is 3.64. The highest BCUT2D eigenvalue weighted by atomic mass is 16.5. The molecule has 0 bridgehead atoms. The Morgan fingerprint density at radius 1 is 1.03 bits per heavy atom. The van der Waals surface area contributed by atoms with Gasteiger partial charge >= 0.3 is 0 Å². The van der Waals surface area contributed by atoms with E-state index in [2.05, 4.69) is 97.1 Å². The number of ether oxygens (including phenoxy) is 2. The average molecular weight is 484 g/mol. The molecule has 2 atom stereocenters. The number of aldehydes is 1. The Balaban J connectivity index is 1.90. The van der Waals surface area contributed by atoms with Gasteiger partial charge in [0.1, 0.15) is 29.0 Å². The van der Waals surface area contributed by atoms with Gasteiger partial charge in [0, 0.05) is 11.8 Å². The number of nitrogens with one attached hydrogen (secondary N) is 1. The van der Waals surface area contributed by atoms with E-state index in [1.165, 1.54) is 5.56 Å². The van der Waals surface area contributed by atoms with Crippen LogP contribution in [0.15, 0.2) is 48.3 Å². The smallest absolute Gasteiger partial charge is 0.120 e. The quantitative estimate of drug-likeness (QED) is 0.236. The van der Waals surface area contributed by atoms with E-state index in [9.17, 15) is 4.79 Å². The summed E-state index contributed by atoms with van der Waals surface area (Å²) in [6.07, 6.45) is 12.1. The Morgan fingerprint density at radius 2 is 1.71 bits per heavy atom. The first kappa shape index (κ1) is 29.2.